The fourth-order valence-corrected chi connectivity index (χ4v) is 3.57. The van der Waals surface area contributed by atoms with Gasteiger partial charge >= 0.3 is 6.03 Å². The van der Waals surface area contributed by atoms with Gasteiger partial charge in [-0.05, 0) is 56.0 Å². The van der Waals surface area contributed by atoms with Gasteiger partial charge in [0.25, 0.3) is 5.91 Å². The van der Waals surface area contributed by atoms with Gasteiger partial charge in [-0.1, -0.05) is 6.07 Å². The van der Waals surface area contributed by atoms with Crippen LogP contribution in [0.1, 0.15) is 23.2 Å². The van der Waals surface area contributed by atoms with E-state index in [1.165, 1.54) is 4.90 Å². The fourth-order valence-electron chi connectivity index (χ4n) is 3.57. The van der Waals surface area contributed by atoms with E-state index in [2.05, 4.69) is 10.6 Å². The van der Waals surface area contributed by atoms with E-state index >= 15 is 0 Å². The predicted molar refractivity (Wildman–Crippen MR) is 101 cm³/mol. The molecule has 2 fully saturated rings. The van der Waals surface area contributed by atoms with Crippen molar-refractivity contribution >= 4 is 30.0 Å². The average molecular weight is 367 g/mol. The zero-order valence-electron chi connectivity index (χ0n) is 14.8. The lowest BCUT2D eigenvalue weighted by atomic mass is 9.92. The van der Waals surface area contributed by atoms with Crippen molar-refractivity contribution in [2.45, 2.75) is 12.8 Å². The second-order valence-electron chi connectivity index (χ2n) is 6.95. The molecule has 1 aromatic carbocycles. The number of benzene rings is 1. The molecule has 0 bridgehead atoms. The Kier molecular flexibility index (Phi) is 6.67. The van der Waals surface area contributed by atoms with Crippen LogP contribution in [0.4, 0.5) is 10.5 Å². The maximum atomic E-state index is 12.8. The lowest BCUT2D eigenvalue weighted by Gasteiger charge is -2.21. The van der Waals surface area contributed by atoms with Gasteiger partial charge in [-0.15, -0.1) is 12.4 Å². The summed E-state index contributed by atoms with van der Waals surface area (Å²) in [5, 5.41) is 6.25. The molecular weight excluding hydrogens is 340 g/mol. The Morgan fingerprint density at radius 3 is 2.40 bits per heavy atom. The average Bonchev–Trinajstić information content (AvgIpc) is 2.93. The van der Waals surface area contributed by atoms with E-state index in [1.807, 2.05) is 17.0 Å². The molecule has 0 saturated carbocycles. The Bertz CT molecular complexity index is 609. The van der Waals surface area contributed by atoms with E-state index in [4.69, 9.17) is 0 Å². The third-order valence-corrected chi connectivity index (χ3v) is 5.07. The summed E-state index contributed by atoms with van der Waals surface area (Å²) in [6, 6.07) is 7.00. The maximum absolute atomic E-state index is 12.8. The van der Waals surface area contributed by atoms with Crippen LogP contribution >= 0.6 is 12.4 Å². The van der Waals surface area contributed by atoms with E-state index in [-0.39, 0.29) is 24.3 Å². The van der Waals surface area contributed by atoms with Crippen molar-refractivity contribution in [2.24, 2.45) is 11.8 Å². The molecule has 7 heteroatoms. The van der Waals surface area contributed by atoms with E-state index < -0.39 is 0 Å². The molecule has 0 spiro atoms. The summed E-state index contributed by atoms with van der Waals surface area (Å²) in [4.78, 5) is 28.0. The summed E-state index contributed by atoms with van der Waals surface area (Å²) in [6.07, 6.45) is 2.14. The SMILES string of the molecule is CN(C)C(=O)Nc1cccc(C(=O)N2CC[C@@H]3CNC[C@@H]3CC2)c1.Cl. The highest BCUT2D eigenvalue weighted by Gasteiger charge is 2.31. The van der Waals surface area contributed by atoms with E-state index in [9.17, 15) is 9.59 Å². The monoisotopic (exact) mass is 366 g/mol. The molecule has 1 aromatic rings. The molecule has 25 heavy (non-hydrogen) atoms. The van der Waals surface area contributed by atoms with Crippen LogP contribution in [0.2, 0.25) is 0 Å². The zero-order valence-corrected chi connectivity index (χ0v) is 15.6. The van der Waals surface area contributed by atoms with Crippen molar-refractivity contribution in [2.75, 3.05) is 45.6 Å². The van der Waals surface area contributed by atoms with Gasteiger partial charge in [-0.25, -0.2) is 4.79 Å². The maximum Gasteiger partial charge on any atom is 0.321 e. The smallest absolute Gasteiger partial charge is 0.321 e. The molecule has 0 aromatic heterocycles. The molecule has 2 heterocycles. The number of likely N-dealkylation sites (tertiary alicyclic amines) is 1. The van der Waals surface area contributed by atoms with Crippen molar-refractivity contribution < 1.29 is 9.59 Å². The van der Waals surface area contributed by atoms with E-state index in [0.29, 0.717) is 23.1 Å². The first kappa shape index (κ1) is 19.5. The Morgan fingerprint density at radius 1 is 1.16 bits per heavy atom. The number of nitrogens with zero attached hydrogens (tertiary/aromatic N) is 2. The minimum Gasteiger partial charge on any atom is -0.339 e. The van der Waals surface area contributed by atoms with Crippen LogP contribution in [0, 0.1) is 11.8 Å². The summed E-state index contributed by atoms with van der Waals surface area (Å²) < 4.78 is 0. The minimum absolute atomic E-state index is 0. The van der Waals surface area contributed by atoms with Gasteiger partial charge in [0, 0.05) is 38.4 Å². The lowest BCUT2D eigenvalue weighted by Crippen LogP contribution is -2.33. The highest BCUT2D eigenvalue weighted by molar-refractivity contribution is 5.96. The normalized spacial score (nSPS) is 22.4. The molecular formula is C18H27ClN4O2. The van der Waals surface area contributed by atoms with E-state index in [0.717, 1.165) is 39.0 Å². The summed E-state index contributed by atoms with van der Waals surface area (Å²) in [7, 11) is 3.38. The summed E-state index contributed by atoms with van der Waals surface area (Å²) in [5.41, 5.74) is 1.28. The summed E-state index contributed by atoms with van der Waals surface area (Å²) >= 11 is 0. The molecule has 138 valence electrons. The molecule has 0 aliphatic carbocycles. The standard InChI is InChI=1S/C18H26N4O2.ClH/c1-21(2)18(24)20-16-5-3-4-13(10-16)17(23)22-8-6-14-11-19-12-15(14)7-9-22;/h3-5,10,14-15,19H,6-9,11-12H2,1-2H3,(H,20,24);1H/t14-,15+;. The number of carbonyl (C=O) groups is 2. The Hall–Kier alpha value is -1.79. The third-order valence-electron chi connectivity index (χ3n) is 5.07. The molecule has 2 saturated heterocycles. The van der Waals surface area contributed by atoms with Gasteiger partial charge < -0.3 is 20.4 Å². The number of rotatable bonds is 2. The van der Waals surface area contributed by atoms with Crippen LogP contribution in [0.5, 0.6) is 0 Å². The first-order valence-corrected chi connectivity index (χ1v) is 8.63. The molecule has 3 amide bonds. The first-order chi connectivity index (χ1) is 11.5. The van der Waals surface area contributed by atoms with Gasteiger partial charge in [-0.3, -0.25) is 4.79 Å². The first-order valence-electron chi connectivity index (χ1n) is 8.63. The fraction of sp³-hybridized carbons (Fsp3) is 0.556. The molecule has 2 N–H and O–H groups in total. The number of nitrogens with one attached hydrogen (secondary N) is 2. The van der Waals surface area contributed by atoms with Crippen molar-refractivity contribution in [3.05, 3.63) is 29.8 Å². The van der Waals surface area contributed by atoms with Crippen LogP contribution in [0.15, 0.2) is 24.3 Å². The van der Waals surface area contributed by atoms with E-state index in [1.54, 1.807) is 26.2 Å². The topological polar surface area (TPSA) is 64.7 Å². The highest BCUT2D eigenvalue weighted by atomic mass is 35.5. The third kappa shape index (κ3) is 4.64. The van der Waals surface area contributed by atoms with Crippen molar-refractivity contribution in [3.8, 4) is 0 Å². The lowest BCUT2D eigenvalue weighted by molar-refractivity contribution is 0.0758. The Morgan fingerprint density at radius 2 is 1.80 bits per heavy atom. The summed E-state index contributed by atoms with van der Waals surface area (Å²) in [6.45, 7) is 3.80. The number of hydrogen-bond acceptors (Lipinski definition) is 3. The van der Waals surface area contributed by atoms with Crippen LogP contribution in [-0.2, 0) is 0 Å². The number of fused-ring (bicyclic) bond motifs is 1. The number of halogens is 1. The molecule has 2 aliphatic rings. The second kappa shape index (κ2) is 8.54. The number of hydrogen-bond donors (Lipinski definition) is 2. The van der Waals surface area contributed by atoms with Crippen molar-refractivity contribution in [3.63, 3.8) is 0 Å². The Labute approximate surface area is 155 Å². The summed E-state index contributed by atoms with van der Waals surface area (Å²) in [5.74, 6) is 1.46. The molecule has 3 rings (SSSR count). The largest absolute Gasteiger partial charge is 0.339 e. The van der Waals surface area contributed by atoms with Gasteiger partial charge in [-0.2, -0.15) is 0 Å². The number of carbonyl (C=O) groups excluding carboxylic acids is 2. The molecule has 0 unspecified atom stereocenters. The minimum atomic E-state index is -0.199. The number of urea groups is 1. The molecule has 0 radical (unpaired) electrons. The van der Waals surface area contributed by atoms with Gasteiger partial charge in [0.2, 0.25) is 0 Å². The highest BCUT2D eigenvalue weighted by Crippen LogP contribution is 2.27. The Balaban J connectivity index is 0.00000225. The van der Waals surface area contributed by atoms with Gasteiger partial charge in [0.1, 0.15) is 0 Å². The molecule has 6 nitrogen and oxygen atoms in total. The van der Waals surface area contributed by atoms with Crippen LogP contribution in [0.3, 0.4) is 0 Å². The van der Waals surface area contributed by atoms with Crippen molar-refractivity contribution in [1.82, 2.24) is 15.1 Å². The van der Waals surface area contributed by atoms with Gasteiger partial charge in [0.15, 0.2) is 0 Å². The van der Waals surface area contributed by atoms with Crippen LogP contribution in [0.25, 0.3) is 0 Å². The quantitative estimate of drug-likeness (QED) is 0.844. The second-order valence-corrected chi connectivity index (χ2v) is 6.95. The predicted octanol–water partition coefficient (Wildman–Crippen LogP) is 2.27. The molecule has 2 atom stereocenters. The van der Waals surface area contributed by atoms with Crippen LogP contribution in [-0.4, -0.2) is 62.0 Å². The zero-order chi connectivity index (χ0) is 17.1. The van der Waals surface area contributed by atoms with Gasteiger partial charge in [0.05, 0.1) is 0 Å². The molecule has 2 aliphatic heterocycles. The number of amides is 3. The van der Waals surface area contributed by atoms with Crippen molar-refractivity contribution in [1.29, 1.82) is 0 Å². The number of anilines is 1. The van der Waals surface area contributed by atoms with Crippen LogP contribution < -0.4 is 10.6 Å².